The molecule has 0 saturated carbocycles. The normalized spacial score (nSPS) is 18.8. The standard InChI is InChI=1S/C10H20N2O4S/c13-10(14)6-5-7-11-17(15,16)12-8-3-1-2-4-9-12/h11H,1-9H2,(H,13,14). The molecule has 0 radical (unpaired) electrons. The lowest BCUT2D eigenvalue weighted by atomic mass is 10.2. The van der Waals surface area contributed by atoms with E-state index < -0.39 is 16.2 Å². The smallest absolute Gasteiger partial charge is 0.303 e. The molecule has 0 aromatic carbocycles. The van der Waals surface area contributed by atoms with E-state index in [9.17, 15) is 13.2 Å². The minimum atomic E-state index is -3.41. The third-order valence-corrected chi connectivity index (χ3v) is 4.37. The molecule has 1 heterocycles. The summed E-state index contributed by atoms with van der Waals surface area (Å²) in [5, 5.41) is 8.44. The van der Waals surface area contributed by atoms with Crippen LogP contribution in [-0.2, 0) is 15.0 Å². The highest BCUT2D eigenvalue weighted by Crippen LogP contribution is 2.12. The molecule has 7 heteroatoms. The van der Waals surface area contributed by atoms with Gasteiger partial charge in [0.2, 0.25) is 0 Å². The van der Waals surface area contributed by atoms with Gasteiger partial charge in [0.15, 0.2) is 0 Å². The van der Waals surface area contributed by atoms with Crippen molar-refractivity contribution in [2.24, 2.45) is 0 Å². The van der Waals surface area contributed by atoms with E-state index in [2.05, 4.69) is 4.72 Å². The average molecular weight is 264 g/mol. The Morgan fingerprint density at radius 3 is 2.29 bits per heavy atom. The number of nitrogens with zero attached hydrogens (tertiary/aromatic N) is 1. The van der Waals surface area contributed by atoms with Gasteiger partial charge in [0.1, 0.15) is 0 Å². The SMILES string of the molecule is O=C(O)CCCNS(=O)(=O)N1CCCCCC1. The van der Waals surface area contributed by atoms with Gasteiger partial charge in [-0.25, -0.2) is 4.72 Å². The summed E-state index contributed by atoms with van der Waals surface area (Å²) < 4.78 is 27.6. The first-order valence-electron chi connectivity index (χ1n) is 5.99. The van der Waals surface area contributed by atoms with Crippen LogP contribution in [0.25, 0.3) is 0 Å². The quantitative estimate of drug-likeness (QED) is 0.686. The number of nitrogens with one attached hydrogen (secondary N) is 1. The Hall–Kier alpha value is -0.660. The molecule has 100 valence electrons. The Morgan fingerprint density at radius 2 is 1.76 bits per heavy atom. The topological polar surface area (TPSA) is 86.7 Å². The average Bonchev–Trinajstić information content (AvgIpc) is 2.53. The van der Waals surface area contributed by atoms with Crippen LogP contribution in [0.2, 0.25) is 0 Å². The van der Waals surface area contributed by atoms with Gasteiger partial charge in [0, 0.05) is 26.1 Å². The van der Waals surface area contributed by atoms with Gasteiger partial charge in [0.25, 0.3) is 10.2 Å². The Labute approximate surface area is 102 Å². The summed E-state index contributed by atoms with van der Waals surface area (Å²) in [5.74, 6) is -0.904. The molecule has 1 rings (SSSR count). The van der Waals surface area contributed by atoms with Crippen LogP contribution in [0.4, 0.5) is 0 Å². The Kier molecular flexibility index (Phi) is 5.87. The molecule has 1 fully saturated rings. The summed E-state index contributed by atoms with van der Waals surface area (Å²) in [6.45, 7) is 1.31. The molecule has 17 heavy (non-hydrogen) atoms. The van der Waals surface area contributed by atoms with Gasteiger partial charge >= 0.3 is 5.97 Å². The van der Waals surface area contributed by atoms with Gasteiger partial charge in [-0.15, -0.1) is 0 Å². The number of carboxylic acid groups (broad SMARTS) is 1. The van der Waals surface area contributed by atoms with Crippen molar-refractivity contribution < 1.29 is 18.3 Å². The summed E-state index contributed by atoms with van der Waals surface area (Å²) in [6.07, 6.45) is 4.26. The van der Waals surface area contributed by atoms with Crippen molar-refractivity contribution in [3.63, 3.8) is 0 Å². The van der Waals surface area contributed by atoms with Crippen molar-refractivity contribution in [1.29, 1.82) is 0 Å². The molecule has 6 nitrogen and oxygen atoms in total. The lowest BCUT2D eigenvalue weighted by molar-refractivity contribution is -0.137. The molecule has 0 aromatic heterocycles. The van der Waals surface area contributed by atoms with Gasteiger partial charge < -0.3 is 5.11 Å². The molecule has 1 aliphatic heterocycles. The van der Waals surface area contributed by atoms with Crippen molar-refractivity contribution in [3.8, 4) is 0 Å². The monoisotopic (exact) mass is 264 g/mol. The number of carboxylic acids is 1. The number of rotatable bonds is 6. The highest BCUT2D eigenvalue weighted by Gasteiger charge is 2.21. The molecule has 0 amide bonds. The van der Waals surface area contributed by atoms with Crippen LogP contribution in [-0.4, -0.2) is 43.4 Å². The highest BCUT2D eigenvalue weighted by molar-refractivity contribution is 7.87. The first kappa shape index (κ1) is 14.4. The van der Waals surface area contributed by atoms with E-state index in [1.807, 2.05) is 0 Å². The Bertz CT molecular complexity index is 334. The highest BCUT2D eigenvalue weighted by atomic mass is 32.2. The predicted molar refractivity (Wildman–Crippen MR) is 63.8 cm³/mol. The number of hydrogen-bond acceptors (Lipinski definition) is 3. The molecular weight excluding hydrogens is 244 g/mol. The zero-order valence-electron chi connectivity index (χ0n) is 9.89. The van der Waals surface area contributed by atoms with E-state index in [-0.39, 0.29) is 13.0 Å². The first-order chi connectivity index (χ1) is 8.02. The molecule has 0 bridgehead atoms. The van der Waals surface area contributed by atoms with Gasteiger partial charge in [0.05, 0.1) is 0 Å². The third kappa shape index (κ3) is 5.47. The summed E-state index contributed by atoms with van der Waals surface area (Å²) >= 11 is 0. The lowest BCUT2D eigenvalue weighted by Crippen LogP contribution is -2.41. The molecular formula is C10H20N2O4S. The maximum absolute atomic E-state index is 11.9. The van der Waals surface area contributed by atoms with Gasteiger partial charge in [-0.3, -0.25) is 4.79 Å². The van der Waals surface area contributed by atoms with Crippen molar-refractivity contribution in [2.45, 2.75) is 38.5 Å². The van der Waals surface area contributed by atoms with Crippen LogP contribution in [0.5, 0.6) is 0 Å². The summed E-state index contributed by atoms with van der Waals surface area (Å²) in [4.78, 5) is 10.3. The van der Waals surface area contributed by atoms with Gasteiger partial charge in [-0.1, -0.05) is 12.8 Å². The van der Waals surface area contributed by atoms with Crippen LogP contribution in [0.1, 0.15) is 38.5 Å². The van der Waals surface area contributed by atoms with Gasteiger partial charge in [-0.05, 0) is 19.3 Å². The second kappa shape index (κ2) is 6.93. The molecule has 0 aromatic rings. The summed E-state index contributed by atoms with van der Waals surface area (Å²) in [5.41, 5.74) is 0. The van der Waals surface area contributed by atoms with Crippen LogP contribution < -0.4 is 4.72 Å². The Morgan fingerprint density at radius 1 is 1.18 bits per heavy atom. The van der Waals surface area contributed by atoms with Crippen LogP contribution >= 0.6 is 0 Å². The van der Waals surface area contributed by atoms with Crippen molar-refractivity contribution >= 4 is 16.2 Å². The summed E-state index contributed by atoms with van der Waals surface area (Å²) in [6, 6.07) is 0. The van der Waals surface area contributed by atoms with Crippen LogP contribution in [0.3, 0.4) is 0 Å². The van der Waals surface area contributed by atoms with Crippen molar-refractivity contribution in [3.05, 3.63) is 0 Å². The van der Waals surface area contributed by atoms with Crippen LogP contribution in [0.15, 0.2) is 0 Å². The number of aliphatic carboxylic acids is 1. The molecule has 0 aliphatic carbocycles. The number of hydrogen-bond donors (Lipinski definition) is 2. The second-order valence-electron chi connectivity index (χ2n) is 4.21. The lowest BCUT2D eigenvalue weighted by Gasteiger charge is -2.20. The Balaban J connectivity index is 2.35. The van der Waals surface area contributed by atoms with Gasteiger partial charge in [-0.2, -0.15) is 12.7 Å². The zero-order chi connectivity index (χ0) is 12.7. The fourth-order valence-electron chi connectivity index (χ4n) is 1.81. The largest absolute Gasteiger partial charge is 0.481 e. The van der Waals surface area contributed by atoms with Crippen LogP contribution in [0, 0.1) is 0 Å². The molecule has 1 aliphatic rings. The van der Waals surface area contributed by atoms with E-state index >= 15 is 0 Å². The van der Waals surface area contributed by atoms with E-state index in [1.165, 1.54) is 4.31 Å². The molecule has 1 saturated heterocycles. The summed E-state index contributed by atoms with van der Waals surface area (Å²) in [7, 11) is -3.41. The fourth-order valence-corrected chi connectivity index (χ4v) is 3.14. The second-order valence-corrected chi connectivity index (χ2v) is 5.97. The minimum absolute atomic E-state index is 0.0114. The zero-order valence-corrected chi connectivity index (χ0v) is 10.7. The van der Waals surface area contributed by atoms with E-state index in [4.69, 9.17) is 5.11 Å². The number of carbonyl (C=O) groups is 1. The van der Waals surface area contributed by atoms with Crippen molar-refractivity contribution in [2.75, 3.05) is 19.6 Å². The maximum atomic E-state index is 11.9. The van der Waals surface area contributed by atoms with E-state index in [0.29, 0.717) is 19.5 Å². The van der Waals surface area contributed by atoms with E-state index in [1.54, 1.807) is 0 Å². The molecule has 2 N–H and O–H groups in total. The maximum Gasteiger partial charge on any atom is 0.303 e. The third-order valence-electron chi connectivity index (χ3n) is 2.76. The van der Waals surface area contributed by atoms with E-state index in [0.717, 1.165) is 25.7 Å². The molecule has 0 spiro atoms. The fraction of sp³-hybridized carbons (Fsp3) is 0.900. The predicted octanol–water partition coefficient (Wildman–Crippen LogP) is 0.562. The van der Waals surface area contributed by atoms with Crippen molar-refractivity contribution in [1.82, 2.24) is 9.03 Å². The minimum Gasteiger partial charge on any atom is -0.481 e. The molecule has 0 atom stereocenters. The first-order valence-corrected chi connectivity index (χ1v) is 7.43. The molecule has 0 unspecified atom stereocenters.